The lowest BCUT2D eigenvalue weighted by atomic mass is 10.1. The molecule has 0 saturated carbocycles. The van der Waals surface area contributed by atoms with Crippen LogP contribution in [0.1, 0.15) is 33.1 Å². The van der Waals surface area contributed by atoms with E-state index in [1.54, 1.807) is 0 Å². The van der Waals surface area contributed by atoms with Gasteiger partial charge in [0.2, 0.25) is 5.91 Å². The number of carboxylic acid groups (broad SMARTS) is 1. The van der Waals surface area contributed by atoms with Gasteiger partial charge in [0, 0.05) is 24.1 Å². The van der Waals surface area contributed by atoms with Crippen LogP contribution in [0.25, 0.3) is 0 Å². The Labute approximate surface area is 95.7 Å². The molecule has 0 rings (SSSR count). The Morgan fingerprint density at radius 1 is 1.25 bits per heavy atom. The van der Waals surface area contributed by atoms with E-state index in [4.69, 9.17) is 11.5 Å². The predicted octanol–water partition coefficient (Wildman–Crippen LogP) is 1.33. The maximum atomic E-state index is 11.4. The zero-order chi connectivity index (χ0) is 12.6. The van der Waals surface area contributed by atoms with Crippen molar-refractivity contribution in [3.8, 4) is 12.3 Å². The van der Waals surface area contributed by atoms with Gasteiger partial charge < -0.3 is 10.4 Å². The average molecular weight is 223 g/mol. The highest BCUT2D eigenvalue weighted by atomic mass is 16.4. The van der Waals surface area contributed by atoms with Crippen molar-refractivity contribution >= 4 is 11.9 Å². The molecule has 0 heterocycles. The lowest BCUT2D eigenvalue weighted by Crippen LogP contribution is -2.26. The summed E-state index contributed by atoms with van der Waals surface area (Å²) < 4.78 is 0. The van der Waals surface area contributed by atoms with E-state index < -0.39 is 5.97 Å². The zero-order valence-electron chi connectivity index (χ0n) is 9.67. The molecule has 0 aromatic heterocycles. The third kappa shape index (κ3) is 5.20. The Kier molecular flexibility index (Phi) is 6.69. The predicted molar refractivity (Wildman–Crippen MR) is 61.7 cm³/mol. The van der Waals surface area contributed by atoms with Crippen LogP contribution in [0.15, 0.2) is 11.1 Å². The van der Waals surface area contributed by atoms with Gasteiger partial charge >= 0.3 is 5.97 Å². The number of carboxylic acids is 1. The Bertz CT molecular complexity index is 337. The first kappa shape index (κ1) is 14.2. The van der Waals surface area contributed by atoms with Crippen molar-refractivity contribution in [1.82, 2.24) is 5.32 Å². The molecule has 0 atom stereocenters. The number of nitrogens with one attached hydrogen (secondary N) is 1. The van der Waals surface area contributed by atoms with Crippen molar-refractivity contribution < 1.29 is 14.7 Å². The second kappa shape index (κ2) is 7.52. The van der Waals surface area contributed by atoms with Gasteiger partial charge in [-0.15, -0.1) is 12.3 Å². The first-order valence-electron chi connectivity index (χ1n) is 5.13. The standard InChI is InChI=1S/C12H17NO3/c1-4-5-6-7-8-13-11(14)9(2)10(3)12(15)16/h1H,5-8H2,2-3H3,(H,13,14)(H,15,16). The highest BCUT2D eigenvalue weighted by Gasteiger charge is 2.11. The van der Waals surface area contributed by atoms with Crippen molar-refractivity contribution in [2.75, 3.05) is 6.54 Å². The van der Waals surface area contributed by atoms with Gasteiger partial charge in [0.15, 0.2) is 0 Å². The number of rotatable bonds is 6. The molecule has 1 amide bonds. The van der Waals surface area contributed by atoms with Crippen LogP contribution >= 0.6 is 0 Å². The van der Waals surface area contributed by atoms with E-state index in [2.05, 4.69) is 11.2 Å². The quantitative estimate of drug-likeness (QED) is 0.405. The molecule has 0 aliphatic carbocycles. The molecule has 0 aliphatic heterocycles. The van der Waals surface area contributed by atoms with E-state index >= 15 is 0 Å². The summed E-state index contributed by atoms with van der Waals surface area (Å²) in [5.41, 5.74) is 0.311. The Balaban J connectivity index is 4.04. The maximum Gasteiger partial charge on any atom is 0.331 e. The fraction of sp³-hybridized carbons (Fsp3) is 0.500. The fourth-order valence-electron chi connectivity index (χ4n) is 1.02. The highest BCUT2D eigenvalue weighted by Crippen LogP contribution is 2.03. The first-order valence-corrected chi connectivity index (χ1v) is 5.13. The molecule has 0 aromatic rings. The van der Waals surface area contributed by atoms with Crippen LogP contribution in [0.5, 0.6) is 0 Å². The summed E-state index contributed by atoms with van der Waals surface area (Å²) in [6, 6.07) is 0. The van der Waals surface area contributed by atoms with Gasteiger partial charge in [0.1, 0.15) is 0 Å². The number of carbonyl (C=O) groups is 2. The SMILES string of the molecule is C#CCCCCNC(=O)C(C)=C(C)C(=O)O. The molecule has 0 unspecified atom stereocenters. The molecule has 88 valence electrons. The number of hydrogen-bond acceptors (Lipinski definition) is 2. The van der Waals surface area contributed by atoms with E-state index in [1.807, 2.05) is 0 Å². The first-order chi connectivity index (χ1) is 7.50. The van der Waals surface area contributed by atoms with Gasteiger partial charge in [-0.25, -0.2) is 4.79 Å². The molecule has 0 aliphatic rings. The van der Waals surface area contributed by atoms with Crippen LogP contribution in [-0.4, -0.2) is 23.5 Å². The second-order valence-electron chi connectivity index (χ2n) is 3.47. The summed E-state index contributed by atoms with van der Waals surface area (Å²) in [6.45, 7) is 3.43. The van der Waals surface area contributed by atoms with Crippen molar-refractivity contribution in [3.05, 3.63) is 11.1 Å². The van der Waals surface area contributed by atoms with E-state index in [9.17, 15) is 9.59 Å². The number of terminal acetylenes is 1. The number of hydrogen-bond donors (Lipinski definition) is 2. The molecular formula is C12H17NO3. The lowest BCUT2D eigenvalue weighted by molar-refractivity contribution is -0.133. The molecule has 0 saturated heterocycles. The average Bonchev–Trinajstić information content (AvgIpc) is 2.26. The third-order valence-electron chi connectivity index (χ3n) is 2.26. The topological polar surface area (TPSA) is 66.4 Å². The van der Waals surface area contributed by atoms with Gasteiger partial charge in [-0.05, 0) is 26.7 Å². The molecule has 16 heavy (non-hydrogen) atoms. The minimum atomic E-state index is -1.07. The highest BCUT2D eigenvalue weighted by molar-refractivity contribution is 6.01. The molecule has 4 nitrogen and oxygen atoms in total. The molecular weight excluding hydrogens is 206 g/mol. The molecule has 2 N–H and O–H groups in total. The van der Waals surface area contributed by atoms with Gasteiger partial charge in [-0.3, -0.25) is 4.79 Å². The third-order valence-corrected chi connectivity index (χ3v) is 2.26. The van der Waals surface area contributed by atoms with Gasteiger partial charge in [-0.2, -0.15) is 0 Å². The van der Waals surface area contributed by atoms with Crippen LogP contribution in [0.3, 0.4) is 0 Å². The number of amides is 1. The summed E-state index contributed by atoms with van der Waals surface area (Å²) >= 11 is 0. The summed E-state index contributed by atoms with van der Waals surface area (Å²) in [5.74, 6) is 1.11. The zero-order valence-corrected chi connectivity index (χ0v) is 9.67. The Hall–Kier alpha value is -1.76. The van der Waals surface area contributed by atoms with Crippen molar-refractivity contribution in [3.63, 3.8) is 0 Å². The smallest absolute Gasteiger partial charge is 0.331 e. The summed E-state index contributed by atoms with van der Waals surface area (Å²) in [5, 5.41) is 11.3. The van der Waals surface area contributed by atoms with E-state index in [-0.39, 0.29) is 17.1 Å². The normalized spacial score (nSPS) is 11.3. The Morgan fingerprint density at radius 2 is 1.88 bits per heavy atom. The van der Waals surface area contributed by atoms with Gasteiger partial charge in [-0.1, -0.05) is 0 Å². The second-order valence-corrected chi connectivity index (χ2v) is 3.47. The van der Waals surface area contributed by atoms with Gasteiger partial charge in [0.05, 0.1) is 0 Å². The summed E-state index contributed by atoms with van der Waals surface area (Å²) in [4.78, 5) is 22.0. The monoisotopic (exact) mass is 223 g/mol. The minimum Gasteiger partial charge on any atom is -0.478 e. The van der Waals surface area contributed by atoms with E-state index in [0.29, 0.717) is 13.0 Å². The minimum absolute atomic E-state index is 0.0705. The van der Waals surface area contributed by atoms with Gasteiger partial charge in [0.25, 0.3) is 0 Å². The Morgan fingerprint density at radius 3 is 2.38 bits per heavy atom. The fourth-order valence-corrected chi connectivity index (χ4v) is 1.02. The van der Waals surface area contributed by atoms with Crippen LogP contribution in [-0.2, 0) is 9.59 Å². The molecule has 0 spiro atoms. The van der Waals surface area contributed by atoms with E-state index in [0.717, 1.165) is 12.8 Å². The van der Waals surface area contributed by atoms with Crippen LogP contribution < -0.4 is 5.32 Å². The van der Waals surface area contributed by atoms with Crippen LogP contribution in [0, 0.1) is 12.3 Å². The van der Waals surface area contributed by atoms with Crippen molar-refractivity contribution in [1.29, 1.82) is 0 Å². The van der Waals surface area contributed by atoms with Crippen LogP contribution in [0.4, 0.5) is 0 Å². The molecule has 0 bridgehead atoms. The summed E-state index contributed by atoms with van der Waals surface area (Å²) in [7, 11) is 0. The lowest BCUT2D eigenvalue weighted by Gasteiger charge is -2.06. The summed E-state index contributed by atoms with van der Waals surface area (Å²) in [6.07, 6.45) is 7.43. The number of unbranched alkanes of at least 4 members (excludes halogenated alkanes) is 2. The molecule has 0 radical (unpaired) electrons. The number of aliphatic carboxylic acids is 1. The van der Waals surface area contributed by atoms with Crippen molar-refractivity contribution in [2.45, 2.75) is 33.1 Å². The van der Waals surface area contributed by atoms with Crippen molar-refractivity contribution in [2.24, 2.45) is 0 Å². The molecule has 0 aromatic carbocycles. The molecule has 4 heteroatoms. The van der Waals surface area contributed by atoms with E-state index in [1.165, 1.54) is 13.8 Å². The molecule has 0 fully saturated rings. The maximum absolute atomic E-state index is 11.4. The largest absolute Gasteiger partial charge is 0.478 e. The van der Waals surface area contributed by atoms with Crippen LogP contribution in [0.2, 0.25) is 0 Å². The number of carbonyl (C=O) groups excluding carboxylic acids is 1.